The molecular weight excluding hydrogens is 272 g/mol. The Kier molecular flexibility index (Phi) is 3.34. The zero-order chi connectivity index (χ0) is 14.3. The number of aryl methyl sites for hydroxylation is 2. The number of hydrogen-bond acceptors (Lipinski definition) is 3. The number of fused-ring (bicyclic) bond motifs is 1. The summed E-state index contributed by atoms with van der Waals surface area (Å²) < 4.78 is 1.74. The third-order valence-corrected chi connectivity index (χ3v) is 4.43. The minimum absolute atomic E-state index is 0.735. The molecule has 3 rings (SSSR count). The summed E-state index contributed by atoms with van der Waals surface area (Å²) >= 11 is 6.35. The van der Waals surface area contributed by atoms with Crippen molar-refractivity contribution < 1.29 is 0 Å². The SMILES string of the molecule is Cc1nn(C)c(Cl)c1CN1CCN(C)c2ccccc21. The fourth-order valence-corrected chi connectivity index (χ4v) is 3.01. The van der Waals surface area contributed by atoms with Crippen LogP contribution < -0.4 is 9.80 Å². The molecule has 1 aliphatic heterocycles. The summed E-state index contributed by atoms with van der Waals surface area (Å²) in [5.74, 6) is 0. The van der Waals surface area contributed by atoms with E-state index >= 15 is 0 Å². The summed E-state index contributed by atoms with van der Waals surface area (Å²) in [4.78, 5) is 4.68. The quantitative estimate of drug-likeness (QED) is 0.850. The van der Waals surface area contributed by atoms with E-state index < -0.39 is 0 Å². The highest BCUT2D eigenvalue weighted by Crippen LogP contribution is 2.33. The van der Waals surface area contributed by atoms with Crippen LogP contribution in [0.25, 0.3) is 0 Å². The van der Waals surface area contributed by atoms with E-state index in [1.54, 1.807) is 4.68 Å². The summed E-state index contributed by atoms with van der Waals surface area (Å²) in [5.41, 5.74) is 4.67. The third kappa shape index (κ3) is 2.14. The summed E-state index contributed by atoms with van der Waals surface area (Å²) in [6, 6.07) is 8.51. The number of anilines is 2. The van der Waals surface area contributed by atoms with Gasteiger partial charge in [-0.3, -0.25) is 4.68 Å². The molecule has 0 amide bonds. The van der Waals surface area contributed by atoms with Crippen LogP contribution in [-0.4, -0.2) is 29.9 Å². The van der Waals surface area contributed by atoms with Crippen molar-refractivity contribution in [3.05, 3.63) is 40.7 Å². The maximum Gasteiger partial charge on any atom is 0.131 e. The average Bonchev–Trinajstić information content (AvgIpc) is 2.68. The Hall–Kier alpha value is -1.68. The zero-order valence-electron chi connectivity index (χ0n) is 12.1. The van der Waals surface area contributed by atoms with Crippen molar-refractivity contribution in [1.82, 2.24) is 9.78 Å². The number of nitrogens with zero attached hydrogens (tertiary/aromatic N) is 4. The number of rotatable bonds is 2. The van der Waals surface area contributed by atoms with Crippen molar-refractivity contribution in [2.75, 3.05) is 29.9 Å². The van der Waals surface area contributed by atoms with E-state index in [2.05, 4.69) is 46.2 Å². The molecule has 0 fully saturated rings. The molecule has 0 bridgehead atoms. The van der Waals surface area contributed by atoms with Crippen LogP contribution in [0.4, 0.5) is 11.4 Å². The second-order valence-electron chi connectivity index (χ2n) is 5.31. The molecule has 0 atom stereocenters. The molecule has 1 aromatic heterocycles. The summed E-state index contributed by atoms with van der Waals surface area (Å²) in [6.45, 7) is 4.85. The maximum absolute atomic E-state index is 6.35. The Morgan fingerprint density at radius 2 is 1.85 bits per heavy atom. The van der Waals surface area contributed by atoms with Gasteiger partial charge in [0.05, 0.1) is 17.1 Å². The van der Waals surface area contributed by atoms with Crippen LogP contribution in [0.2, 0.25) is 5.15 Å². The van der Waals surface area contributed by atoms with Crippen LogP contribution >= 0.6 is 11.6 Å². The fourth-order valence-electron chi connectivity index (χ4n) is 2.77. The molecule has 0 saturated heterocycles. The highest BCUT2D eigenvalue weighted by Gasteiger charge is 2.22. The molecule has 1 aliphatic rings. The third-order valence-electron chi connectivity index (χ3n) is 3.96. The van der Waals surface area contributed by atoms with Gasteiger partial charge in [0.2, 0.25) is 0 Å². The number of likely N-dealkylation sites (N-methyl/N-ethyl adjacent to an activating group) is 1. The maximum atomic E-state index is 6.35. The lowest BCUT2D eigenvalue weighted by Gasteiger charge is -2.37. The van der Waals surface area contributed by atoms with Crippen molar-refractivity contribution in [2.45, 2.75) is 13.5 Å². The van der Waals surface area contributed by atoms with Gasteiger partial charge in [-0.2, -0.15) is 5.10 Å². The molecule has 20 heavy (non-hydrogen) atoms. The van der Waals surface area contributed by atoms with E-state index in [0.717, 1.165) is 36.0 Å². The fraction of sp³-hybridized carbons (Fsp3) is 0.400. The minimum atomic E-state index is 0.735. The van der Waals surface area contributed by atoms with Gasteiger partial charge in [-0.15, -0.1) is 0 Å². The van der Waals surface area contributed by atoms with Gasteiger partial charge in [0.25, 0.3) is 0 Å². The van der Waals surface area contributed by atoms with E-state index in [1.807, 2.05) is 14.0 Å². The van der Waals surface area contributed by atoms with Crippen LogP contribution in [0, 0.1) is 6.92 Å². The Balaban J connectivity index is 1.94. The predicted molar refractivity (Wildman–Crippen MR) is 83.7 cm³/mol. The normalized spacial score (nSPS) is 14.6. The standard InChI is InChI=1S/C15H19ClN4/c1-11-12(15(16)19(3)17-11)10-20-9-8-18(2)13-6-4-5-7-14(13)20/h4-7H,8-10H2,1-3H3. The van der Waals surface area contributed by atoms with Crippen molar-refractivity contribution in [2.24, 2.45) is 7.05 Å². The van der Waals surface area contributed by atoms with Crippen molar-refractivity contribution in [3.63, 3.8) is 0 Å². The summed E-state index contributed by atoms with van der Waals surface area (Å²) in [6.07, 6.45) is 0. The monoisotopic (exact) mass is 290 g/mol. The molecule has 0 N–H and O–H groups in total. The van der Waals surface area contributed by atoms with Gasteiger partial charge in [0.1, 0.15) is 5.15 Å². The number of aromatic nitrogens is 2. The molecular formula is C15H19ClN4. The minimum Gasteiger partial charge on any atom is -0.371 e. The van der Waals surface area contributed by atoms with Gasteiger partial charge in [0, 0.05) is 39.3 Å². The highest BCUT2D eigenvalue weighted by atomic mass is 35.5. The molecule has 2 heterocycles. The molecule has 0 radical (unpaired) electrons. The number of hydrogen-bond donors (Lipinski definition) is 0. The molecule has 4 nitrogen and oxygen atoms in total. The topological polar surface area (TPSA) is 24.3 Å². The smallest absolute Gasteiger partial charge is 0.131 e. The first-order valence-corrected chi connectivity index (χ1v) is 7.19. The molecule has 0 saturated carbocycles. The molecule has 2 aromatic rings. The van der Waals surface area contributed by atoms with Gasteiger partial charge >= 0.3 is 0 Å². The van der Waals surface area contributed by atoms with E-state index in [9.17, 15) is 0 Å². The Morgan fingerprint density at radius 3 is 2.50 bits per heavy atom. The first kappa shape index (κ1) is 13.3. The molecule has 106 valence electrons. The van der Waals surface area contributed by atoms with Gasteiger partial charge in [0.15, 0.2) is 0 Å². The average molecular weight is 291 g/mol. The van der Waals surface area contributed by atoms with E-state index in [0.29, 0.717) is 0 Å². The van der Waals surface area contributed by atoms with E-state index in [-0.39, 0.29) is 0 Å². The van der Waals surface area contributed by atoms with Gasteiger partial charge in [-0.25, -0.2) is 0 Å². The second kappa shape index (κ2) is 5.02. The van der Waals surface area contributed by atoms with Crippen LogP contribution in [0.15, 0.2) is 24.3 Å². The zero-order valence-corrected chi connectivity index (χ0v) is 12.9. The van der Waals surface area contributed by atoms with Gasteiger partial charge in [-0.05, 0) is 19.1 Å². The van der Waals surface area contributed by atoms with Crippen LogP contribution in [0.3, 0.4) is 0 Å². The lowest BCUT2D eigenvalue weighted by Crippen LogP contribution is -2.38. The Labute approximate surface area is 124 Å². The largest absolute Gasteiger partial charge is 0.371 e. The first-order chi connectivity index (χ1) is 9.58. The molecule has 5 heteroatoms. The molecule has 0 unspecified atom stereocenters. The van der Waals surface area contributed by atoms with Gasteiger partial charge in [-0.1, -0.05) is 23.7 Å². The van der Waals surface area contributed by atoms with Crippen molar-refractivity contribution >= 4 is 23.0 Å². The number of para-hydroxylation sites is 2. The van der Waals surface area contributed by atoms with Crippen molar-refractivity contribution in [3.8, 4) is 0 Å². The summed E-state index contributed by atoms with van der Waals surface area (Å²) in [5, 5.41) is 5.13. The second-order valence-corrected chi connectivity index (χ2v) is 5.67. The lowest BCUT2D eigenvalue weighted by molar-refractivity contribution is 0.732. The molecule has 0 spiro atoms. The number of halogens is 1. The van der Waals surface area contributed by atoms with Crippen LogP contribution in [0.5, 0.6) is 0 Å². The van der Waals surface area contributed by atoms with Crippen molar-refractivity contribution in [1.29, 1.82) is 0 Å². The first-order valence-electron chi connectivity index (χ1n) is 6.81. The Morgan fingerprint density at radius 1 is 1.15 bits per heavy atom. The summed E-state index contributed by atoms with van der Waals surface area (Å²) in [7, 11) is 4.02. The van der Waals surface area contributed by atoms with E-state index in [1.165, 1.54) is 11.4 Å². The van der Waals surface area contributed by atoms with Gasteiger partial charge < -0.3 is 9.80 Å². The molecule has 0 aliphatic carbocycles. The predicted octanol–water partition coefficient (Wildman–Crippen LogP) is 2.84. The van der Waals surface area contributed by atoms with E-state index in [4.69, 9.17) is 11.6 Å². The molecule has 1 aromatic carbocycles. The number of benzene rings is 1. The lowest BCUT2D eigenvalue weighted by atomic mass is 10.1. The van der Waals surface area contributed by atoms with Crippen LogP contribution in [-0.2, 0) is 13.6 Å². The highest BCUT2D eigenvalue weighted by molar-refractivity contribution is 6.30. The Bertz CT molecular complexity index is 635. The van der Waals surface area contributed by atoms with Crippen LogP contribution in [0.1, 0.15) is 11.3 Å².